The number of aromatic nitrogens is 2. The molecule has 0 fully saturated rings. The summed E-state index contributed by atoms with van der Waals surface area (Å²) in [5.74, 6) is 0.989. The lowest BCUT2D eigenvalue weighted by Gasteiger charge is -1.97. The summed E-state index contributed by atoms with van der Waals surface area (Å²) in [4.78, 5) is 0. The first-order valence-electron chi connectivity index (χ1n) is 4.95. The van der Waals surface area contributed by atoms with E-state index in [1.165, 1.54) is 5.56 Å². The molecule has 4 nitrogen and oxygen atoms in total. The highest BCUT2D eigenvalue weighted by atomic mass is 16.4. The summed E-state index contributed by atoms with van der Waals surface area (Å²) in [7, 11) is 0. The van der Waals surface area contributed by atoms with Crippen LogP contribution in [0.5, 0.6) is 0 Å². The van der Waals surface area contributed by atoms with Gasteiger partial charge in [0.2, 0.25) is 11.8 Å². The van der Waals surface area contributed by atoms with Crippen molar-refractivity contribution in [2.45, 2.75) is 19.9 Å². The Hall–Kier alpha value is -1.68. The van der Waals surface area contributed by atoms with Crippen LogP contribution in [-0.4, -0.2) is 10.2 Å². The van der Waals surface area contributed by atoms with Crippen molar-refractivity contribution in [1.29, 1.82) is 0 Å². The van der Waals surface area contributed by atoms with Gasteiger partial charge in [-0.1, -0.05) is 19.1 Å². The molecule has 0 aliphatic carbocycles. The Morgan fingerprint density at radius 3 is 2.47 bits per heavy atom. The molecule has 0 saturated carbocycles. The molecule has 0 aliphatic heterocycles. The Balaban J connectivity index is 2.28. The maximum absolute atomic E-state index is 5.39. The minimum Gasteiger partial charge on any atom is -0.419 e. The predicted octanol–water partition coefficient (Wildman–Crippen LogP) is 1.76. The molecule has 15 heavy (non-hydrogen) atoms. The molecule has 1 aromatic heterocycles. The van der Waals surface area contributed by atoms with Gasteiger partial charge in [0.05, 0.1) is 6.54 Å². The van der Waals surface area contributed by atoms with Crippen molar-refractivity contribution in [3.05, 3.63) is 35.7 Å². The molecule has 1 aromatic carbocycles. The molecule has 0 atom stereocenters. The van der Waals surface area contributed by atoms with E-state index < -0.39 is 0 Å². The van der Waals surface area contributed by atoms with Crippen LogP contribution in [0.2, 0.25) is 0 Å². The molecule has 0 unspecified atom stereocenters. The fraction of sp³-hybridized carbons (Fsp3) is 0.273. The van der Waals surface area contributed by atoms with Gasteiger partial charge in [-0.3, -0.25) is 0 Å². The highest BCUT2D eigenvalue weighted by Crippen LogP contribution is 2.18. The summed E-state index contributed by atoms with van der Waals surface area (Å²) in [5.41, 5.74) is 7.61. The van der Waals surface area contributed by atoms with Crippen LogP contribution in [0.3, 0.4) is 0 Å². The summed E-state index contributed by atoms with van der Waals surface area (Å²) in [6.07, 6.45) is 1.03. The van der Waals surface area contributed by atoms with Gasteiger partial charge < -0.3 is 10.2 Å². The van der Waals surface area contributed by atoms with Gasteiger partial charge in [0.15, 0.2) is 0 Å². The lowest BCUT2D eigenvalue weighted by molar-refractivity contribution is 0.508. The Bertz CT molecular complexity index is 433. The normalized spacial score (nSPS) is 10.5. The molecule has 2 aromatic rings. The average Bonchev–Trinajstić information content (AvgIpc) is 2.78. The van der Waals surface area contributed by atoms with Crippen molar-refractivity contribution in [1.82, 2.24) is 10.2 Å². The van der Waals surface area contributed by atoms with E-state index in [2.05, 4.69) is 29.3 Å². The van der Waals surface area contributed by atoms with E-state index in [0.29, 0.717) is 11.8 Å². The van der Waals surface area contributed by atoms with Crippen molar-refractivity contribution in [2.24, 2.45) is 5.73 Å². The predicted molar refractivity (Wildman–Crippen MR) is 57.0 cm³/mol. The van der Waals surface area contributed by atoms with Crippen molar-refractivity contribution in [3.63, 3.8) is 0 Å². The third-order valence-electron chi connectivity index (χ3n) is 2.25. The van der Waals surface area contributed by atoms with E-state index in [-0.39, 0.29) is 6.54 Å². The first kappa shape index (κ1) is 9.86. The summed E-state index contributed by atoms with van der Waals surface area (Å²) >= 11 is 0. The number of hydrogen-bond donors (Lipinski definition) is 1. The Morgan fingerprint density at radius 1 is 1.20 bits per heavy atom. The van der Waals surface area contributed by atoms with Gasteiger partial charge in [-0.2, -0.15) is 0 Å². The summed E-state index contributed by atoms with van der Waals surface area (Å²) in [6, 6.07) is 8.07. The van der Waals surface area contributed by atoms with Crippen LogP contribution < -0.4 is 5.73 Å². The SMILES string of the molecule is CCc1ccc(-c2nnc(CN)o2)cc1. The van der Waals surface area contributed by atoms with Gasteiger partial charge in [-0.15, -0.1) is 10.2 Å². The molecule has 0 spiro atoms. The maximum Gasteiger partial charge on any atom is 0.247 e. The minimum absolute atomic E-state index is 0.278. The lowest BCUT2D eigenvalue weighted by Crippen LogP contribution is -1.95. The molecule has 4 heteroatoms. The highest BCUT2D eigenvalue weighted by molar-refractivity contribution is 5.52. The zero-order valence-electron chi connectivity index (χ0n) is 8.60. The third-order valence-corrected chi connectivity index (χ3v) is 2.25. The molecule has 0 saturated heterocycles. The molecular formula is C11H13N3O. The van der Waals surface area contributed by atoms with E-state index in [4.69, 9.17) is 10.2 Å². The molecule has 0 amide bonds. The molecule has 0 radical (unpaired) electrons. The molecule has 0 aliphatic rings. The first-order valence-corrected chi connectivity index (χ1v) is 4.95. The van der Waals surface area contributed by atoms with E-state index >= 15 is 0 Å². The second kappa shape index (κ2) is 4.23. The van der Waals surface area contributed by atoms with Crippen LogP contribution in [0, 0.1) is 0 Å². The fourth-order valence-electron chi connectivity index (χ4n) is 1.34. The molecular weight excluding hydrogens is 190 g/mol. The highest BCUT2D eigenvalue weighted by Gasteiger charge is 2.06. The van der Waals surface area contributed by atoms with E-state index in [0.717, 1.165) is 12.0 Å². The summed E-state index contributed by atoms with van der Waals surface area (Å²) in [6.45, 7) is 2.40. The maximum atomic E-state index is 5.39. The summed E-state index contributed by atoms with van der Waals surface area (Å²) in [5, 5.41) is 7.73. The van der Waals surface area contributed by atoms with Crippen molar-refractivity contribution >= 4 is 0 Å². The topological polar surface area (TPSA) is 64.9 Å². The van der Waals surface area contributed by atoms with Crippen LogP contribution >= 0.6 is 0 Å². The smallest absolute Gasteiger partial charge is 0.247 e. The molecule has 0 bridgehead atoms. The Labute approximate surface area is 88.1 Å². The Kier molecular flexibility index (Phi) is 2.78. The molecule has 2 N–H and O–H groups in total. The van der Waals surface area contributed by atoms with E-state index in [1.54, 1.807) is 0 Å². The largest absolute Gasteiger partial charge is 0.419 e. The van der Waals surface area contributed by atoms with Crippen LogP contribution in [-0.2, 0) is 13.0 Å². The van der Waals surface area contributed by atoms with E-state index in [1.807, 2.05) is 12.1 Å². The first-order chi connectivity index (χ1) is 7.33. The van der Waals surface area contributed by atoms with Crippen molar-refractivity contribution in [2.75, 3.05) is 0 Å². The molecule has 78 valence electrons. The van der Waals surface area contributed by atoms with Crippen LogP contribution in [0.4, 0.5) is 0 Å². The third kappa shape index (κ3) is 2.05. The van der Waals surface area contributed by atoms with Crippen LogP contribution in [0.15, 0.2) is 28.7 Å². The lowest BCUT2D eigenvalue weighted by atomic mass is 10.1. The Morgan fingerprint density at radius 2 is 1.93 bits per heavy atom. The van der Waals surface area contributed by atoms with E-state index in [9.17, 15) is 0 Å². The van der Waals surface area contributed by atoms with Gasteiger partial charge >= 0.3 is 0 Å². The van der Waals surface area contributed by atoms with Gasteiger partial charge in [0, 0.05) is 5.56 Å². The van der Waals surface area contributed by atoms with Gasteiger partial charge in [-0.25, -0.2) is 0 Å². The second-order valence-electron chi connectivity index (χ2n) is 3.26. The molecule has 1 heterocycles. The quantitative estimate of drug-likeness (QED) is 0.825. The zero-order valence-corrected chi connectivity index (χ0v) is 8.60. The molecule has 2 rings (SSSR count). The zero-order chi connectivity index (χ0) is 10.7. The fourth-order valence-corrected chi connectivity index (χ4v) is 1.34. The van der Waals surface area contributed by atoms with Crippen LogP contribution in [0.25, 0.3) is 11.5 Å². The van der Waals surface area contributed by atoms with Crippen LogP contribution in [0.1, 0.15) is 18.4 Å². The number of benzene rings is 1. The standard InChI is InChI=1S/C11H13N3O/c1-2-8-3-5-9(6-4-8)11-14-13-10(7-12)15-11/h3-6H,2,7,12H2,1H3. The van der Waals surface area contributed by atoms with Crippen molar-refractivity contribution < 1.29 is 4.42 Å². The number of rotatable bonds is 3. The second-order valence-corrected chi connectivity index (χ2v) is 3.26. The summed E-state index contributed by atoms with van der Waals surface area (Å²) < 4.78 is 5.35. The monoisotopic (exact) mass is 203 g/mol. The average molecular weight is 203 g/mol. The number of nitrogens with two attached hydrogens (primary N) is 1. The number of hydrogen-bond acceptors (Lipinski definition) is 4. The minimum atomic E-state index is 0.278. The van der Waals surface area contributed by atoms with Gasteiger partial charge in [0.25, 0.3) is 0 Å². The van der Waals surface area contributed by atoms with Gasteiger partial charge in [0.1, 0.15) is 0 Å². The van der Waals surface area contributed by atoms with Gasteiger partial charge in [-0.05, 0) is 24.1 Å². The van der Waals surface area contributed by atoms with Crippen molar-refractivity contribution in [3.8, 4) is 11.5 Å². The number of aryl methyl sites for hydroxylation is 1. The number of nitrogens with zero attached hydrogens (tertiary/aromatic N) is 2.